The van der Waals surface area contributed by atoms with Gasteiger partial charge >= 0.3 is 6.18 Å². The molecule has 0 unspecified atom stereocenters. The Labute approximate surface area is 161 Å². The lowest BCUT2D eigenvalue weighted by Gasteiger charge is -2.13. The highest BCUT2D eigenvalue weighted by molar-refractivity contribution is 5.95. The Morgan fingerprint density at radius 1 is 1.04 bits per heavy atom. The first-order valence-corrected chi connectivity index (χ1v) is 8.96. The fourth-order valence-corrected chi connectivity index (χ4v) is 2.91. The Bertz CT molecular complexity index is 932. The molecule has 0 spiro atoms. The summed E-state index contributed by atoms with van der Waals surface area (Å²) in [7, 11) is 0. The summed E-state index contributed by atoms with van der Waals surface area (Å²) in [4.78, 5) is 12.4. The SMILES string of the molecule is CCc1ccc(CCNC(=O)c2cnn(-c3ccccc3)c2C(F)(F)F)cc1. The number of hydrogen-bond acceptors (Lipinski definition) is 2. The normalized spacial score (nSPS) is 11.4. The highest BCUT2D eigenvalue weighted by Crippen LogP contribution is 2.33. The van der Waals surface area contributed by atoms with Gasteiger partial charge in [-0.25, -0.2) is 4.68 Å². The smallest absolute Gasteiger partial charge is 0.352 e. The quantitative estimate of drug-likeness (QED) is 0.680. The average Bonchev–Trinajstić information content (AvgIpc) is 3.15. The van der Waals surface area contributed by atoms with Crippen LogP contribution in [0.4, 0.5) is 13.2 Å². The van der Waals surface area contributed by atoms with Crippen LogP contribution in [0.1, 0.15) is 34.1 Å². The van der Waals surface area contributed by atoms with Gasteiger partial charge < -0.3 is 5.32 Å². The van der Waals surface area contributed by atoms with Crippen LogP contribution in [0.25, 0.3) is 5.69 Å². The van der Waals surface area contributed by atoms with Crippen molar-refractivity contribution in [3.05, 3.63) is 83.2 Å². The molecule has 0 aliphatic carbocycles. The number of para-hydroxylation sites is 1. The van der Waals surface area contributed by atoms with Gasteiger partial charge in [0.25, 0.3) is 5.91 Å². The summed E-state index contributed by atoms with van der Waals surface area (Å²) in [5.74, 6) is -0.792. The average molecular weight is 387 g/mol. The molecule has 1 N–H and O–H groups in total. The molecule has 0 bridgehead atoms. The van der Waals surface area contributed by atoms with Gasteiger partial charge in [0, 0.05) is 6.54 Å². The Morgan fingerprint density at radius 3 is 2.29 bits per heavy atom. The Morgan fingerprint density at radius 2 is 1.68 bits per heavy atom. The Hall–Kier alpha value is -3.09. The van der Waals surface area contributed by atoms with Gasteiger partial charge in [0.05, 0.1) is 17.4 Å². The molecule has 7 heteroatoms. The van der Waals surface area contributed by atoms with Gasteiger partial charge in [-0.2, -0.15) is 18.3 Å². The molecule has 0 saturated carbocycles. The molecule has 0 fully saturated rings. The maximum absolute atomic E-state index is 13.6. The summed E-state index contributed by atoms with van der Waals surface area (Å²) in [6, 6.07) is 15.8. The van der Waals surface area contributed by atoms with Crippen LogP contribution in [0.2, 0.25) is 0 Å². The lowest BCUT2D eigenvalue weighted by atomic mass is 10.1. The van der Waals surface area contributed by atoms with E-state index in [0.717, 1.165) is 22.9 Å². The van der Waals surface area contributed by atoms with Crippen molar-refractivity contribution in [2.45, 2.75) is 25.9 Å². The highest BCUT2D eigenvalue weighted by Gasteiger charge is 2.40. The van der Waals surface area contributed by atoms with Gasteiger partial charge in [0.1, 0.15) is 0 Å². The van der Waals surface area contributed by atoms with Crippen LogP contribution in [0.5, 0.6) is 0 Å². The Balaban J connectivity index is 1.75. The number of hydrogen-bond donors (Lipinski definition) is 1. The number of aryl methyl sites for hydroxylation is 1. The predicted molar refractivity (Wildman–Crippen MR) is 100 cm³/mol. The van der Waals surface area contributed by atoms with Gasteiger partial charge in [-0.15, -0.1) is 0 Å². The second kappa shape index (κ2) is 8.29. The van der Waals surface area contributed by atoms with E-state index in [9.17, 15) is 18.0 Å². The molecule has 1 heterocycles. The van der Waals surface area contributed by atoms with Crippen LogP contribution in [0.15, 0.2) is 60.8 Å². The third-order valence-corrected chi connectivity index (χ3v) is 4.41. The number of nitrogens with one attached hydrogen (secondary N) is 1. The molecule has 0 aliphatic heterocycles. The first kappa shape index (κ1) is 19.7. The molecule has 0 radical (unpaired) electrons. The second-order valence-corrected chi connectivity index (χ2v) is 6.33. The van der Waals surface area contributed by atoms with Crippen LogP contribution in [0.3, 0.4) is 0 Å². The molecular formula is C21H20F3N3O. The summed E-state index contributed by atoms with van der Waals surface area (Å²) < 4.78 is 41.6. The highest BCUT2D eigenvalue weighted by atomic mass is 19.4. The standard InChI is InChI=1S/C21H20F3N3O/c1-2-15-8-10-16(11-9-15)12-13-25-20(28)18-14-26-27(19(18)21(22,23)24)17-6-4-3-5-7-17/h3-11,14H,2,12-13H2,1H3,(H,25,28). The summed E-state index contributed by atoms with van der Waals surface area (Å²) in [5.41, 5.74) is 0.885. The summed E-state index contributed by atoms with van der Waals surface area (Å²) >= 11 is 0. The number of aromatic nitrogens is 2. The van der Waals surface area contributed by atoms with E-state index < -0.39 is 23.3 Å². The zero-order chi connectivity index (χ0) is 20.1. The van der Waals surface area contributed by atoms with E-state index in [1.54, 1.807) is 18.2 Å². The number of halogens is 3. The number of rotatable bonds is 6. The molecule has 0 atom stereocenters. The van der Waals surface area contributed by atoms with Crippen molar-refractivity contribution in [2.24, 2.45) is 0 Å². The molecule has 1 amide bonds. The largest absolute Gasteiger partial charge is 0.434 e. The van der Waals surface area contributed by atoms with Gasteiger partial charge in [0.2, 0.25) is 0 Å². The summed E-state index contributed by atoms with van der Waals surface area (Å²) in [6.45, 7) is 2.29. The second-order valence-electron chi connectivity index (χ2n) is 6.33. The van der Waals surface area contributed by atoms with E-state index in [1.807, 2.05) is 24.3 Å². The number of nitrogens with zero attached hydrogens (tertiary/aromatic N) is 2. The molecule has 3 rings (SSSR count). The topological polar surface area (TPSA) is 46.9 Å². The number of benzene rings is 2. The Kier molecular flexibility index (Phi) is 5.82. The maximum atomic E-state index is 13.6. The lowest BCUT2D eigenvalue weighted by Crippen LogP contribution is -2.28. The van der Waals surface area contributed by atoms with E-state index >= 15 is 0 Å². The number of carbonyl (C=O) groups excluding carboxylic acids is 1. The zero-order valence-corrected chi connectivity index (χ0v) is 15.3. The predicted octanol–water partition coefficient (Wildman–Crippen LogP) is 4.43. The minimum Gasteiger partial charge on any atom is -0.352 e. The van der Waals surface area contributed by atoms with Gasteiger partial charge in [-0.1, -0.05) is 49.4 Å². The molecule has 0 aliphatic rings. The maximum Gasteiger partial charge on any atom is 0.434 e. The van der Waals surface area contributed by atoms with E-state index in [0.29, 0.717) is 6.42 Å². The molecule has 0 saturated heterocycles. The van der Waals surface area contributed by atoms with Crippen molar-refractivity contribution in [3.63, 3.8) is 0 Å². The first-order valence-electron chi connectivity index (χ1n) is 8.96. The van der Waals surface area contributed by atoms with E-state index in [4.69, 9.17) is 0 Å². The van der Waals surface area contributed by atoms with Crippen LogP contribution in [0, 0.1) is 0 Å². The van der Waals surface area contributed by atoms with Crippen molar-refractivity contribution in [2.75, 3.05) is 6.54 Å². The third-order valence-electron chi connectivity index (χ3n) is 4.41. The fourth-order valence-electron chi connectivity index (χ4n) is 2.91. The molecule has 4 nitrogen and oxygen atoms in total. The van der Waals surface area contributed by atoms with Gasteiger partial charge in [-0.05, 0) is 36.1 Å². The van der Waals surface area contributed by atoms with E-state index in [-0.39, 0.29) is 12.2 Å². The summed E-state index contributed by atoms with van der Waals surface area (Å²) in [5, 5.41) is 6.36. The number of alkyl halides is 3. The van der Waals surface area contributed by atoms with Crippen LogP contribution in [-0.4, -0.2) is 22.2 Å². The van der Waals surface area contributed by atoms with Crippen molar-refractivity contribution >= 4 is 5.91 Å². The molecule has 3 aromatic rings. The van der Waals surface area contributed by atoms with Crippen molar-refractivity contribution < 1.29 is 18.0 Å². The fraction of sp³-hybridized carbons (Fsp3) is 0.238. The molecule has 146 valence electrons. The minimum absolute atomic E-state index is 0.234. The molecule has 2 aromatic carbocycles. The zero-order valence-electron chi connectivity index (χ0n) is 15.3. The lowest BCUT2D eigenvalue weighted by molar-refractivity contribution is -0.143. The van der Waals surface area contributed by atoms with Crippen molar-refractivity contribution in [3.8, 4) is 5.69 Å². The van der Waals surface area contributed by atoms with Crippen LogP contribution in [-0.2, 0) is 19.0 Å². The minimum atomic E-state index is -4.71. The number of amides is 1. The molecule has 28 heavy (non-hydrogen) atoms. The van der Waals surface area contributed by atoms with E-state index in [2.05, 4.69) is 17.3 Å². The monoisotopic (exact) mass is 387 g/mol. The van der Waals surface area contributed by atoms with Crippen molar-refractivity contribution in [1.82, 2.24) is 15.1 Å². The number of carbonyl (C=O) groups is 1. The van der Waals surface area contributed by atoms with Gasteiger partial charge in [-0.3, -0.25) is 4.79 Å². The molecule has 1 aromatic heterocycles. The first-order chi connectivity index (χ1) is 13.4. The van der Waals surface area contributed by atoms with Gasteiger partial charge in [0.15, 0.2) is 5.69 Å². The third kappa shape index (κ3) is 4.42. The molecular weight excluding hydrogens is 367 g/mol. The summed E-state index contributed by atoms with van der Waals surface area (Å²) in [6.07, 6.45) is -2.29. The van der Waals surface area contributed by atoms with Crippen LogP contribution < -0.4 is 5.32 Å². The van der Waals surface area contributed by atoms with Crippen molar-refractivity contribution in [1.29, 1.82) is 0 Å². The van der Waals surface area contributed by atoms with Crippen LogP contribution >= 0.6 is 0 Å². The van der Waals surface area contributed by atoms with E-state index in [1.165, 1.54) is 17.7 Å².